The van der Waals surface area contributed by atoms with Gasteiger partial charge in [0.1, 0.15) is 0 Å². The second kappa shape index (κ2) is 6.06. The molecule has 1 saturated heterocycles. The van der Waals surface area contributed by atoms with Crippen LogP contribution in [0.4, 0.5) is 5.69 Å². The van der Waals surface area contributed by atoms with Crippen LogP contribution >= 0.6 is 0 Å². The van der Waals surface area contributed by atoms with Gasteiger partial charge in [0, 0.05) is 30.4 Å². The zero-order chi connectivity index (χ0) is 14.8. The van der Waals surface area contributed by atoms with Crippen LogP contribution < -0.4 is 5.32 Å². The highest BCUT2D eigenvalue weighted by Gasteiger charge is 2.38. The molecule has 3 rings (SSSR count). The fourth-order valence-corrected chi connectivity index (χ4v) is 3.32. The molecule has 0 unspecified atom stereocenters. The third kappa shape index (κ3) is 3.56. The summed E-state index contributed by atoms with van der Waals surface area (Å²) in [6.07, 6.45) is 4.26. The summed E-state index contributed by atoms with van der Waals surface area (Å²) < 4.78 is 4.72. The molecule has 0 amide bonds. The quantitative estimate of drug-likeness (QED) is 0.845. The van der Waals surface area contributed by atoms with Crippen molar-refractivity contribution in [1.29, 1.82) is 0 Å². The molecule has 2 aliphatic rings. The molecule has 1 aliphatic carbocycles. The Labute approximate surface area is 126 Å². The van der Waals surface area contributed by atoms with Crippen molar-refractivity contribution in [3.05, 3.63) is 29.8 Å². The van der Waals surface area contributed by atoms with Crippen LogP contribution in [0.3, 0.4) is 0 Å². The first-order valence-corrected chi connectivity index (χ1v) is 7.83. The maximum Gasteiger partial charge on any atom is 0.309 e. The lowest BCUT2D eigenvalue weighted by atomic mass is 10.1. The third-order valence-corrected chi connectivity index (χ3v) is 4.51. The number of anilines is 1. The highest BCUT2D eigenvalue weighted by atomic mass is 16.5. The van der Waals surface area contributed by atoms with Crippen LogP contribution in [0.15, 0.2) is 24.3 Å². The van der Waals surface area contributed by atoms with Gasteiger partial charge in [0.15, 0.2) is 0 Å². The molecule has 1 heterocycles. The van der Waals surface area contributed by atoms with Crippen molar-refractivity contribution in [2.24, 2.45) is 0 Å². The average molecular weight is 288 g/mol. The average Bonchev–Trinajstić information content (AvgIpc) is 3.24. The van der Waals surface area contributed by atoms with E-state index in [1.165, 1.54) is 26.4 Å². The number of nitrogens with zero attached hydrogens (tertiary/aromatic N) is 1. The number of hydrogen-bond acceptors (Lipinski definition) is 4. The lowest BCUT2D eigenvalue weighted by molar-refractivity contribution is -0.139. The fraction of sp³-hybridized carbons (Fsp3) is 0.588. The van der Waals surface area contributed by atoms with E-state index in [1.807, 2.05) is 12.1 Å². The molecule has 1 N–H and O–H groups in total. The van der Waals surface area contributed by atoms with Crippen LogP contribution in [0.25, 0.3) is 0 Å². The first kappa shape index (κ1) is 14.4. The predicted octanol–water partition coefficient (Wildman–Crippen LogP) is 2.44. The number of benzene rings is 1. The van der Waals surface area contributed by atoms with Gasteiger partial charge in [0.25, 0.3) is 0 Å². The van der Waals surface area contributed by atoms with Gasteiger partial charge in [-0.15, -0.1) is 0 Å². The SMILES string of the molecule is COC(=O)Cc1cccc(N[C@@H]2C[C@@H](C)N(C3CC3)C2)c1. The molecule has 21 heavy (non-hydrogen) atoms. The molecule has 4 nitrogen and oxygen atoms in total. The largest absolute Gasteiger partial charge is 0.469 e. The minimum Gasteiger partial charge on any atom is -0.469 e. The Balaban J connectivity index is 1.60. The summed E-state index contributed by atoms with van der Waals surface area (Å²) in [5.41, 5.74) is 2.10. The summed E-state index contributed by atoms with van der Waals surface area (Å²) in [7, 11) is 1.43. The van der Waals surface area contributed by atoms with Crippen molar-refractivity contribution < 1.29 is 9.53 Å². The van der Waals surface area contributed by atoms with Crippen molar-refractivity contribution in [2.75, 3.05) is 19.0 Å². The molecule has 0 bridgehead atoms. The first-order valence-electron chi connectivity index (χ1n) is 7.83. The summed E-state index contributed by atoms with van der Waals surface area (Å²) in [4.78, 5) is 14.0. The molecular formula is C17H24N2O2. The topological polar surface area (TPSA) is 41.6 Å². The Morgan fingerprint density at radius 3 is 2.95 bits per heavy atom. The summed E-state index contributed by atoms with van der Waals surface area (Å²) in [6, 6.07) is 10.1. The molecule has 4 heteroatoms. The molecule has 0 radical (unpaired) electrons. The predicted molar refractivity (Wildman–Crippen MR) is 83.4 cm³/mol. The monoisotopic (exact) mass is 288 g/mol. The van der Waals surface area contributed by atoms with Gasteiger partial charge in [-0.2, -0.15) is 0 Å². The molecule has 1 aromatic rings. The van der Waals surface area contributed by atoms with E-state index in [0.29, 0.717) is 18.5 Å². The molecular weight excluding hydrogens is 264 g/mol. The molecule has 0 aromatic heterocycles. The number of ether oxygens (including phenoxy) is 1. The molecule has 2 fully saturated rings. The summed E-state index contributed by atoms with van der Waals surface area (Å²) >= 11 is 0. The minimum absolute atomic E-state index is 0.193. The molecule has 1 saturated carbocycles. The van der Waals surface area contributed by atoms with Gasteiger partial charge in [-0.1, -0.05) is 12.1 Å². The number of hydrogen-bond donors (Lipinski definition) is 1. The van der Waals surface area contributed by atoms with E-state index in [-0.39, 0.29) is 5.97 Å². The second-order valence-corrected chi connectivity index (χ2v) is 6.31. The molecule has 114 valence electrons. The van der Waals surface area contributed by atoms with E-state index in [0.717, 1.165) is 23.8 Å². The number of methoxy groups -OCH3 is 1. The van der Waals surface area contributed by atoms with Crippen LogP contribution in [0.5, 0.6) is 0 Å². The van der Waals surface area contributed by atoms with Crippen molar-refractivity contribution >= 4 is 11.7 Å². The van der Waals surface area contributed by atoms with Crippen LogP contribution in [-0.2, 0) is 16.0 Å². The normalized spacial score (nSPS) is 25.8. The van der Waals surface area contributed by atoms with Gasteiger partial charge >= 0.3 is 5.97 Å². The third-order valence-electron chi connectivity index (χ3n) is 4.51. The number of likely N-dealkylation sites (tertiary alicyclic amines) is 1. The summed E-state index contributed by atoms with van der Waals surface area (Å²) in [5.74, 6) is -0.193. The molecule has 0 spiro atoms. The van der Waals surface area contributed by atoms with Gasteiger partial charge in [0.05, 0.1) is 13.5 Å². The van der Waals surface area contributed by atoms with E-state index in [4.69, 9.17) is 4.74 Å². The first-order chi connectivity index (χ1) is 10.2. The second-order valence-electron chi connectivity index (χ2n) is 6.31. The van der Waals surface area contributed by atoms with Crippen LogP contribution in [0, 0.1) is 0 Å². The van der Waals surface area contributed by atoms with E-state index < -0.39 is 0 Å². The number of carbonyl (C=O) groups is 1. The van der Waals surface area contributed by atoms with Crippen LogP contribution in [0.1, 0.15) is 31.7 Å². The lowest BCUT2D eigenvalue weighted by Gasteiger charge is -2.20. The number of esters is 1. The van der Waals surface area contributed by atoms with E-state index in [2.05, 4.69) is 29.3 Å². The van der Waals surface area contributed by atoms with Crippen molar-refractivity contribution in [2.45, 2.75) is 50.7 Å². The highest BCUT2D eigenvalue weighted by Crippen LogP contribution is 2.34. The smallest absolute Gasteiger partial charge is 0.309 e. The van der Waals surface area contributed by atoms with E-state index in [9.17, 15) is 4.79 Å². The Morgan fingerprint density at radius 1 is 1.43 bits per heavy atom. The van der Waals surface area contributed by atoms with Crippen LogP contribution in [-0.4, -0.2) is 42.6 Å². The summed E-state index contributed by atoms with van der Waals surface area (Å²) in [6.45, 7) is 3.46. The maximum atomic E-state index is 11.4. The van der Waals surface area contributed by atoms with E-state index in [1.54, 1.807) is 0 Å². The van der Waals surface area contributed by atoms with Gasteiger partial charge in [0.2, 0.25) is 0 Å². The number of rotatable bonds is 5. The Morgan fingerprint density at radius 2 is 2.24 bits per heavy atom. The zero-order valence-corrected chi connectivity index (χ0v) is 12.8. The minimum atomic E-state index is -0.193. The summed E-state index contributed by atoms with van der Waals surface area (Å²) in [5, 5.41) is 3.62. The Hall–Kier alpha value is -1.55. The van der Waals surface area contributed by atoms with E-state index >= 15 is 0 Å². The maximum absolute atomic E-state index is 11.4. The molecule has 1 aliphatic heterocycles. The molecule has 1 aromatic carbocycles. The Kier molecular flexibility index (Phi) is 4.15. The van der Waals surface area contributed by atoms with Crippen LogP contribution in [0.2, 0.25) is 0 Å². The van der Waals surface area contributed by atoms with Crippen molar-refractivity contribution in [3.8, 4) is 0 Å². The van der Waals surface area contributed by atoms with Gasteiger partial charge in [-0.05, 0) is 43.9 Å². The van der Waals surface area contributed by atoms with Gasteiger partial charge in [-0.25, -0.2) is 0 Å². The number of nitrogens with one attached hydrogen (secondary N) is 1. The fourth-order valence-electron chi connectivity index (χ4n) is 3.32. The van der Waals surface area contributed by atoms with Gasteiger partial charge < -0.3 is 10.1 Å². The van der Waals surface area contributed by atoms with Crippen molar-refractivity contribution in [3.63, 3.8) is 0 Å². The Bertz CT molecular complexity index is 513. The highest BCUT2D eigenvalue weighted by molar-refractivity contribution is 5.72. The zero-order valence-electron chi connectivity index (χ0n) is 12.8. The molecule has 2 atom stereocenters. The lowest BCUT2D eigenvalue weighted by Crippen LogP contribution is -2.31. The van der Waals surface area contributed by atoms with Gasteiger partial charge in [-0.3, -0.25) is 9.69 Å². The standard InChI is InChI=1S/C17H24N2O2/c1-12-8-15(11-19(12)16-6-7-16)18-14-5-3-4-13(9-14)10-17(20)21-2/h3-5,9,12,15-16,18H,6-8,10-11H2,1-2H3/t12-,15-/m1/s1. The van der Waals surface area contributed by atoms with Crippen molar-refractivity contribution in [1.82, 2.24) is 4.90 Å². The number of carbonyl (C=O) groups excluding carboxylic acids is 1.